The SMILES string of the molecule is O=C1CC2CCCC(C1)C(=O)N(Cc1ccccc1)C2=O. The number of rotatable bonds is 2. The lowest BCUT2D eigenvalue weighted by molar-refractivity contribution is -0.156. The Morgan fingerprint density at radius 3 is 2.05 bits per heavy atom. The van der Waals surface area contributed by atoms with Crippen LogP contribution in [0.3, 0.4) is 0 Å². The molecule has 4 rings (SSSR count). The Labute approximate surface area is 124 Å². The van der Waals surface area contributed by atoms with Crippen LogP contribution in [0.2, 0.25) is 0 Å². The van der Waals surface area contributed by atoms with Gasteiger partial charge in [0.05, 0.1) is 6.54 Å². The van der Waals surface area contributed by atoms with Crippen molar-refractivity contribution in [3.63, 3.8) is 0 Å². The summed E-state index contributed by atoms with van der Waals surface area (Å²) in [7, 11) is 0. The molecule has 2 saturated heterocycles. The number of nitrogens with zero attached hydrogens (tertiary/aromatic N) is 1. The minimum absolute atomic E-state index is 0.0609. The number of Topliss-reactive ketones (excluding diaryl/α,β-unsaturated/α-hetero) is 1. The minimum atomic E-state index is -0.314. The molecule has 3 aliphatic rings. The number of hydrogen-bond acceptors (Lipinski definition) is 3. The van der Waals surface area contributed by atoms with Gasteiger partial charge >= 0.3 is 0 Å². The Balaban J connectivity index is 1.90. The van der Waals surface area contributed by atoms with Crippen molar-refractivity contribution in [2.24, 2.45) is 11.8 Å². The zero-order valence-corrected chi connectivity index (χ0v) is 12.0. The fourth-order valence-corrected chi connectivity index (χ4v) is 3.34. The summed E-state index contributed by atoms with van der Waals surface area (Å²) >= 11 is 0. The topological polar surface area (TPSA) is 54.5 Å². The van der Waals surface area contributed by atoms with Crippen molar-refractivity contribution < 1.29 is 14.4 Å². The number of hydrogen-bond donors (Lipinski definition) is 0. The highest BCUT2D eigenvalue weighted by Crippen LogP contribution is 2.31. The molecule has 2 atom stereocenters. The van der Waals surface area contributed by atoms with Crippen LogP contribution in [0.1, 0.15) is 37.7 Å². The van der Waals surface area contributed by atoms with Gasteiger partial charge in [-0.2, -0.15) is 0 Å². The second-order valence-corrected chi connectivity index (χ2v) is 6.02. The van der Waals surface area contributed by atoms with Gasteiger partial charge in [-0.1, -0.05) is 36.8 Å². The van der Waals surface area contributed by atoms with Crippen molar-refractivity contribution in [3.8, 4) is 0 Å². The third-order valence-corrected chi connectivity index (χ3v) is 4.47. The molecule has 2 amide bonds. The zero-order valence-electron chi connectivity index (χ0n) is 12.0. The second-order valence-electron chi connectivity index (χ2n) is 6.02. The van der Waals surface area contributed by atoms with Crippen LogP contribution in [0.5, 0.6) is 0 Å². The number of carbonyl (C=O) groups is 3. The Bertz CT molecular complexity index is 539. The summed E-state index contributed by atoms with van der Waals surface area (Å²) in [5.41, 5.74) is 0.948. The summed E-state index contributed by atoms with van der Waals surface area (Å²) in [6.45, 7) is 0.319. The van der Waals surface area contributed by atoms with E-state index >= 15 is 0 Å². The zero-order chi connectivity index (χ0) is 14.8. The van der Waals surface area contributed by atoms with Crippen molar-refractivity contribution in [1.82, 2.24) is 4.90 Å². The van der Waals surface area contributed by atoms with Crippen LogP contribution < -0.4 is 0 Å². The molecular formula is C17H19NO3. The van der Waals surface area contributed by atoms with Gasteiger partial charge in [0.15, 0.2) is 0 Å². The predicted molar refractivity (Wildman–Crippen MR) is 77.1 cm³/mol. The van der Waals surface area contributed by atoms with E-state index in [0.717, 1.165) is 24.8 Å². The maximum Gasteiger partial charge on any atom is 0.233 e. The molecule has 2 heterocycles. The average Bonchev–Trinajstić information content (AvgIpc) is 2.47. The smallest absolute Gasteiger partial charge is 0.233 e. The number of benzene rings is 1. The first-order valence-corrected chi connectivity index (χ1v) is 7.56. The molecule has 2 bridgehead atoms. The quantitative estimate of drug-likeness (QED) is 0.784. The standard InChI is InChI=1S/C17H19NO3/c19-15-9-13-7-4-8-14(10-15)17(21)18(16(13)20)11-12-5-2-1-3-6-12/h1-3,5-6,13-14H,4,7-11H2. The molecule has 1 aromatic carbocycles. The van der Waals surface area contributed by atoms with Gasteiger partial charge in [-0.15, -0.1) is 0 Å². The molecule has 0 aromatic heterocycles. The van der Waals surface area contributed by atoms with Crippen molar-refractivity contribution in [3.05, 3.63) is 35.9 Å². The van der Waals surface area contributed by atoms with Crippen LogP contribution >= 0.6 is 0 Å². The molecule has 0 radical (unpaired) electrons. The van der Waals surface area contributed by atoms with E-state index in [9.17, 15) is 14.4 Å². The van der Waals surface area contributed by atoms with Crippen molar-refractivity contribution >= 4 is 17.6 Å². The van der Waals surface area contributed by atoms with Gasteiger partial charge in [0.2, 0.25) is 11.8 Å². The highest BCUT2D eigenvalue weighted by Gasteiger charge is 2.39. The fourth-order valence-electron chi connectivity index (χ4n) is 3.34. The molecule has 3 fully saturated rings. The summed E-state index contributed by atoms with van der Waals surface area (Å²) in [6, 6.07) is 9.55. The molecule has 4 nitrogen and oxygen atoms in total. The normalized spacial score (nSPS) is 26.5. The Morgan fingerprint density at radius 2 is 1.48 bits per heavy atom. The third-order valence-electron chi connectivity index (χ3n) is 4.47. The van der Waals surface area contributed by atoms with Crippen molar-refractivity contribution in [1.29, 1.82) is 0 Å². The highest BCUT2D eigenvalue weighted by molar-refractivity contribution is 6.02. The predicted octanol–water partition coefficient (Wildman–Crippen LogP) is 2.32. The Hall–Kier alpha value is -1.97. The largest absolute Gasteiger partial charge is 0.300 e. The molecule has 0 spiro atoms. The number of imide groups is 1. The van der Waals surface area contributed by atoms with E-state index in [1.807, 2.05) is 30.3 Å². The molecule has 2 aliphatic heterocycles. The first kappa shape index (κ1) is 14.0. The Kier molecular flexibility index (Phi) is 3.86. The van der Waals surface area contributed by atoms with Gasteiger partial charge in [0, 0.05) is 24.7 Å². The van der Waals surface area contributed by atoms with Gasteiger partial charge in [-0.05, 0) is 18.4 Å². The van der Waals surface area contributed by atoms with Crippen LogP contribution in [-0.4, -0.2) is 22.5 Å². The summed E-state index contributed by atoms with van der Waals surface area (Å²) < 4.78 is 0. The maximum atomic E-state index is 12.6. The van der Waals surface area contributed by atoms with Crippen molar-refractivity contribution in [2.75, 3.05) is 0 Å². The van der Waals surface area contributed by atoms with E-state index in [1.54, 1.807) is 0 Å². The molecule has 0 N–H and O–H groups in total. The number of fused-ring (bicyclic) bond motifs is 6. The highest BCUT2D eigenvalue weighted by atomic mass is 16.2. The van der Waals surface area contributed by atoms with Crippen LogP contribution in [0.25, 0.3) is 0 Å². The lowest BCUT2D eigenvalue weighted by Gasteiger charge is -2.34. The molecule has 1 aromatic rings. The molecule has 1 saturated carbocycles. The van der Waals surface area contributed by atoms with Crippen LogP contribution in [0.4, 0.5) is 0 Å². The lowest BCUT2D eigenvalue weighted by Crippen LogP contribution is -2.47. The fraction of sp³-hybridized carbons (Fsp3) is 0.471. The van der Waals surface area contributed by atoms with Gasteiger partial charge in [0.1, 0.15) is 5.78 Å². The molecule has 21 heavy (non-hydrogen) atoms. The number of ketones is 1. The molecular weight excluding hydrogens is 266 g/mol. The monoisotopic (exact) mass is 285 g/mol. The summed E-state index contributed by atoms with van der Waals surface area (Å²) in [5.74, 6) is -0.896. The number of amides is 2. The molecule has 1 aliphatic carbocycles. The first-order chi connectivity index (χ1) is 10.1. The van der Waals surface area contributed by atoms with E-state index in [4.69, 9.17) is 0 Å². The molecule has 2 unspecified atom stereocenters. The van der Waals surface area contributed by atoms with Crippen LogP contribution in [-0.2, 0) is 20.9 Å². The van der Waals surface area contributed by atoms with Crippen LogP contribution in [0.15, 0.2) is 30.3 Å². The van der Waals surface area contributed by atoms with E-state index in [2.05, 4.69) is 0 Å². The van der Waals surface area contributed by atoms with Gasteiger partial charge in [-0.3, -0.25) is 19.3 Å². The summed E-state index contributed by atoms with van der Waals surface area (Å²) in [4.78, 5) is 38.5. The van der Waals surface area contributed by atoms with E-state index in [-0.39, 0.29) is 29.4 Å². The molecule has 4 heteroatoms. The van der Waals surface area contributed by atoms with Crippen LogP contribution in [0, 0.1) is 11.8 Å². The lowest BCUT2D eigenvalue weighted by atomic mass is 9.81. The van der Waals surface area contributed by atoms with E-state index in [1.165, 1.54) is 4.90 Å². The number of carbonyl (C=O) groups excluding carboxylic acids is 3. The average molecular weight is 285 g/mol. The van der Waals surface area contributed by atoms with Gasteiger partial charge < -0.3 is 0 Å². The second kappa shape index (κ2) is 5.80. The Morgan fingerprint density at radius 1 is 0.905 bits per heavy atom. The third kappa shape index (κ3) is 2.89. The van der Waals surface area contributed by atoms with Gasteiger partial charge in [0.25, 0.3) is 0 Å². The summed E-state index contributed by atoms with van der Waals surface area (Å²) in [5, 5.41) is 0. The minimum Gasteiger partial charge on any atom is -0.300 e. The van der Waals surface area contributed by atoms with Crippen molar-refractivity contribution in [2.45, 2.75) is 38.6 Å². The van der Waals surface area contributed by atoms with E-state index in [0.29, 0.717) is 19.4 Å². The summed E-state index contributed by atoms with van der Waals surface area (Å²) in [6.07, 6.45) is 2.90. The molecule has 110 valence electrons. The maximum absolute atomic E-state index is 12.6. The van der Waals surface area contributed by atoms with Gasteiger partial charge in [-0.25, -0.2) is 0 Å². The first-order valence-electron chi connectivity index (χ1n) is 7.56. The van der Waals surface area contributed by atoms with E-state index < -0.39 is 0 Å².